The van der Waals surface area contributed by atoms with E-state index in [4.69, 9.17) is 0 Å². The quantitative estimate of drug-likeness (QED) is 0.854. The third-order valence-corrected chi connectivity index (χ3v) is 5.40. The molecule has 23 heavy (non-hydrogen) atoms. The normalized spacial score (nSPS) is 17.4. The lowest BCUT2D eigenvalue weighted by molar-refractivity contribution is 0.0940. The van der Waals surface area contributed by atoms with Gasteiger partial charge in [-0.05, 0) is 57.1 Å². The molecule has 0 saturated carbocycles. The molecule has 5 nitrogen and oxygen atoms in total. The number of carbonyl (C=O) groups excluding carboxylic acids is 1. The summed E-state index contributed by atoms with van der Waals surface area (Å²) < 4.78 is 47.5. The van der Waals surface area contributed by atoms with E-state index in [0.29, 0.717) is 6.54 Å². The summed E-state index contributed by atoms with van der Waals surface area (Å²) in [4.78, 5) is 13.8. The van der Waals surface area contributed by atoms with E-state index in [-0.39, 0.29) is 17.5 Å². The van der Waals surface area contributed by atoms with Crippen molar-refractivity contribution in [2.24, 2.45) is 0 Å². The molecule has 1 atom stereocenters. The number of alkyl halides is 2. The number of nitrogens with one attached hydrogen (secondary N) is 1. The summed E-state index contributed by atoms with van der Waals surface area (Å²) in [6, 6.07) is 4.76. The number of benzene rings is 1. The molecule has 0 bridgehead atoms. The highest BCUT2D eigenvalue weighted by molar-refractivity contribution is 7.91. The number of hydrogen-bond acceptors (Lipinski definition) is 4. The summed E-state index contributed by atoms with van der Waals surface area (Å²) in [5.74, 6) is -3.82. The lowest BCUT2D eigenvalue weighted by atomic mass is 10.2. The van der Waals surface area contributed by atoms with Crippen LogP contribution in [0.2, 0.25) is 0 Å². The van der Waals surface area contributed by atoms with E-state index < -0.39 is 20.5 Å². The molecule has 1 aromatic rings. The number of sulfone groups is 1. The van der Waals surface area contributed by atoms with Crippen LogP contribution in [-0.4, -0.2) is 50.7 Å². The number of likely N-dealkylation sites (tertiary alicyclic amines) is 1. The zero-order chi connectivity index (χ0) is 17.0. The molecule has 1 N–H and O–H groups in total. The molecule has 8 heteroatoms. The molecule has 128 valence electrons. The van der Waals surface area contributed by atoms with Crippen LogP contribution in [-0.2, 0) is 9.84 Å². The van der Waals surface area contributed by atoms with Gasteiger partial charge < -0.3 is 5.32 Å². The van der Waals surface area contributed by atoms with Gasteiger partial charge in [0.15, 0.2) is 0 Å². The highest BCUT2D eigenvalue weighted by atomic mass is 32.2. The fourth-order valence-corrected chi connectivity index (χ4v) is 3.27. The molecule has 1 heterocycles. The van der Waals surface area contributed by atoms with Crippen molar-refractivity contribution < 1.29 is 22.0 Å². The standard InChI is InChI=1S/C15H20F2N2O3S/c1-11(19-8-2-3-9-19)10-18-14(20)12-4-6-13(7-5-12)23(21,22)15(16)17/h4-7,11,15H,2-3,8-10H2,1H3,(H,18,20)/t11-/m1/s1. The Balaban J connectivity index is 1.95. The number of hydrogen-bond donors (Lipinski definition) is 1. The molecule has 0 spiro atoms. The molecule has 1 aromatic carbocycles. The highest BCUT2D eigenvalue weighted by Gasteiger charge is 2.26. The van der Waals surface area contributed by atoms with Crippen molar-refractivity contribution in [3.63, 3.8) is 0 Å². The molecule has 0 aromatic heterocycles. The Morgan fingerprint density at radius 2 is 1.78 bits per heavy atom. The lowest BCUT2D eigenvalue weighted by Crippen LogP contribution is -2.40. The molecule has 0 unspecified atom stereocenters. The maximum absolute atomic E-state index is 12.4. The number of carbonyl (C=O) groups is 1. The number of nitrogens with zero attached hydrogens (tertiary/aromatic N) is 1. The van der Waals surface area contributed by atoms with Gasteiger partial charge >= 0.3 is 5.76 Å². The van der Waals surface area contributed by atoms with Gasteiger partial charge in [0.2, 0.25) is 9.84 Å². The van der Waals surface area contributed by atoms with Gasteiger partial charge in [-0.15, -0.1) is 0 Å². The average molecular weight is 346 g/mol. The van der Waals surface area contributed by atoms with Crippen LogP contribution in [0.25, 0.3) is 0 Å². The van der Waals surface area contributed by atoms with Crippen LogP contribution < -0.4 is 5.32 Å². The van der Waals surface area contributed by atoms with E-state index >= 15 is 0 Å². The van der Waals surface area contributed by atoms with E-state index in [9.17, 15) is 22.0 Å². The number of rotatable bonds is 6. The van der Waals surface area contributed by atoms with Gasteiger partial charge in [-0.25, -0.2) is 8.42 Å². The first-order valence-corrected chi connectivity index (χ1v) is 9.01. The first kappa shape index (κ1) is 17.8. The van der Waals surface area contributed by atoms with Gasteiger partial charge in [0.25, 0.3) is 5.91 Å². The second-order valence-corrected chi connectivity index (χ2v) is 7.55. The van der Waals surface area contributed by atoms with Gasteiger partial charge in [-0.3, -0.25) is 9.69 Å². The smallest absolute Gasteiger partial charge is 0.341 e. The molecule has 2 rings (SSSR count). The summed E-state index contributed by atoms with van der Waals surface area (Å²) >= 11 is 0. The topological polar surface area (TPSA) is 66.5 Å². The SMILES string of the molecule is C[C@H](CNC(=O)c1ccc(S(=O)(=O)C(F)F)cc1)N1CCCC1. The fraction of sp³-hybridized carbons (Fsp3) is 0.533. The molecule has 0 aliphatic carbocycles. The minimum Gasteiger partial charge on any atom is -0.350 e. The molecule has 1 aliphatic heterocycles. The van der Waals surface area contributed by atoms with Crippen LogP contribution in [0, 0.1) is 0 Å². The third kappa shape index (κ3) is 4.26. The summed E-state index contributed by atoms with van der Waals surface area (Å²) in [5, 5.41) is 2.78. The minimum absolute atomic E-state index is 0.222. The van der Waals surface area contributed by atoms with Crippen molar-refractivity contribution >= 4 is 15.7 Å². The van der Waals surface area contributed by atoms with Gasteiger partial charge in [-0.2, -0.15) is 8.78 Å². The molecule has 1 fully saturated rings. The summed E-state index contributed by atoms with van der Waals surface area (Å²) in [6.45, 7) is 4.56. The van der Waals surface area contributed by atoms with Crippen molar-refractivity contribution in [2.45, 2.75) is 36.5 Å². The Morgan fingerprint density at radius 3 is 2.30 bits per heavy atom. The minimum atomic E-state index is -4.63. The van der Waals surface area contributed by atoms with Crippen LogP contribution in [0.5, 0.6) is 0 Å². The predicted octanol–water partition coefficient (Wildman–Crippen LogP) is 1.90. The summed E-state index contributed by atoms with van der Waals surface area (Å²) in [5.41, 5.74) is 0.242. The second-order valence-electron chi connectivity index (χ2n) is 5.63. The van der Waals surface area contributed by atoms with Crippen LogP contribution in [0.1, 0.15) is 30.1 Å². The highest BCUT2D eigenvalue weighted by Crippen LogP contribution is 2.18. The summed E-state index contributed by atoms with van der Waals surface area (Å²) in [6.07, 6.45) is 2.33. The monoisotopic (exact) mass is 346 g/mol. The molecule has 1 aliphatic rings. The molecule has 0 radical (unpaired) electrons. The van der Waals surface area contributed by atoms with Gasteiger partial charge in [0.05, 0.1) is 4.90 Å². The largest absolute Gasteiger partial charge is 0.350 e. The zero-order valence-electron chi connectivity index (χ0n) is 12.8. The Morgan fingerprint density at radius 1 is 1.22 bits per heavy atom. The van der Waals surface area contributed by atoms with Crippen molar-refractivity contribution in [1.82, 2.24) is 10.2 Å². The van der Waals surface area contributed by atoms with Crippen LogP contribution in [0.4, 0.5) is 8.78 Å². The molecular weight excluding hydrogens is 326 g/mol. The van der Waals surface area contributed by atoms with Gasteiger partial charge in [0.1, 0.15) is 0 Å². The van der Waals surface area contributed by atoms with E-state index in [0.717, 1.165) is 25.2 Å². The van der Waals surface area contributed by atoms with Gasteiger partial charge in [0, 0.05) is 18.2 Å². The fourth-order valence-electron chi connectivity index (χ4n) is 2.55. The Kier molecular flexibility index (Phi) is 5.69. The Labute approximate surface area is 134 Å². The maximum atomic E-state index is 12.4. The Hall–Kier alpha value is -1.54. The average Bonchev–Trinajstić information content (AvgIpc) is 3.06. The third-order valence-electron chi connectivity index (χ3n) is 4.00. The number of amides is 1. The lowest BCUT2D eigenvalue weighted by Gasteiger charge is -2.23. The summed E-state index contributed by atoms with van der Waals surface area (Å²) in [7, 11) is -4.63. The maximum Gasteiger partial charge on any atom is 0.341 e. The first-order chi connectivity index (χ1) is 10.8. The molecule has 1 amide bonds. The van der Waals surface area contributed by atoms with Crippen LogP contribution in [0.15, 0.2) is 29.2 Å². The Bertz CT molecular complexity index is 641. The first-order valence-electron chi connectivity index (χ1n) is 7.46. The van der Waals surface area contributed by atoms with E-state index in [2.05, 4.69) is 10.2 Å². The van der Waals surface area contributed by atoms with Crippen molar-refractivity contribution in [1.29, 1.82) is 0 Å². The van der Waals surface area contributed by atoms with Crippen molar-refractivity contribution in [3.8, 4) is 0 Å². The van der Waals surface area contributed by atoms with E-state index in [1.165, 1.54) is 25.0 Å². The molecule has 1 saturated heterocycles. The number of halogens is 2. The van der Waals surface area contributed by atoms with E-state index in [1.54, 1.807) is 0 Å². The zero-order valence-corrected chi connectivity index (χ0v) is 13.7. The van der Waals surface area contributed by atoms with Crippen molar-refractivity contribution in [3.05, 3.63) is 29.8 Å². The predicted molar refractivity (Wildman–Crippen MR) is 82.2 cm³/mol. The van der Waals surface area contributed by atoms with Crippen LogP contribution in [0.3, 0.4) is 0 Å². The second kappa shape index (κ2) is 7.35. The molecular formula is C15H20F2N2O3S. The van der Waals surface area contributed by atoms with Crippen LogP contribution >= 0.6 is 0 Å². The van der Waals surface area contributed by atoms with E-state index in [1.807, 2.05) is 6.92 Å². The van der Waals surface area contributed by atoms with Gasteiger partial charge in [-0.1, -0.05) is 0 Å². The van der Waals surface area contributed by atoms with Crippen molar-refractivity contribution in [2.75, 3.05) is 19.6 Å².